The summed E-state index contributed by atoms with van der Waals surface area (Å²) >= 11 is 0. The van der Waals surface area contributed by atoms with Crippen LogP contribution in [0.2, 0.25) is 0 Å². The predicted molar refractivity (Wildman–Crippen MR) is 72.6 cm³/mol. The van der Waals surface area contributed by atoms with E-state index in [1.807, 2.05) is 12.1 Å². The summed E-state index contributed by atoms with van der Waals surface area (Å²) in [6, 6.07) is 8.09. The molecule has 2 aliphatic heterocycles. The normalized spacial score (nSPS) is 30.2. The van der Waals surface area contributed by atoms with Crippen molar-refractivity contribution in [3.8, 4) is 0 Å². The fraction of sp³-hybridized carbons (Fsp3) is 0.533. The summed E-state index contributed by atoms with van der Waals surface area (Å²) in [6.07, 6.45) is 1.41. The molecule has 1 fully saturated rings. The Morgan fingerprint density at radius 3 is 2.84 bits per heavy atom. The lowest BCUT2D eigenvalue weighted by molar-refractivity contribution is -0.133. The summed E-state index contributed by atoms with van der Waals surface area (Å²) in [7, 11) is 0. The molecule has 1 unspecified atom stereocenters. The van der Waals surface area contributed by atoms with Crippen molar-refractivity contribution in [2.24, 2.45) is 0 Å². The summed E-state index contributed by atoms with van der Waals surface area (Å²) in [5, 5.41) is 13.3. The number of carbonyl (C=O) groups is 1. The van der Waals surface area contributed by atoms with E-state index in [0.29, 0.717) is 19.5 Å². The third kappa shape index (κ3) is 2.51. The lowest BCUT2D eigenvalue weighted by Gasteiger charge is -2.29. The molecule has 2 atom stereocenters. The van der Waals surface area contributed by atoms with Gasteiger partial charge in [0, 0.05) is 19.6 Å². The van der Waals surface area contributed by atoms with Gasteiger partial charge in [0.25, 0.3) is 0 Å². The highest BCUT2D eigenvalue weighted by Gasteiger charge is 2.37. The van der Waals surface area contributed by atoms with Gasteiger partial charge in [-0.1, -0.05) is 24.3 Å². The number of hydrogen-bond acceptors (Lipinski definition) is 3. The summed E-state index contributed by atoms with van der Waals surface area (Å²) < 4.78 is 0. The molecule has 2 aliphatic rings. The minimum atomic E-state index is -0.720. The number of benzene rings is 1. The molecule has 0 spiro atoms. The van der Waals surface area contributed by atoms with Crippen LogP contribution in [0.4, 0.5) is 0 Å². The lowest BCUT2D eigenvalue weighted by Crippen LogP contribution is -2.49. The van der Waals surface area contributed by atoms with Crippen molar-refractivity contribution in [2.75, 3.05) is 13.1 Å². The number of rotatable bonds is 1. The first-order valence-electron chi connectivity index (χ1n) is 6.86. The van der Waals surface area contributed by atoms with Crippen molar-refractivity contribution in [2.45, 2.75) is 38.0 Å². The zero-order chi connectivity index (χ0) is 13.5. The van der Waals surface area contributed by atoms with Gasteiger partial charge in [-0.25, -0.2) is 0 Å². The second kappa shape index (κ2) is 4.62. The molecule has 1 aromatic rings. The van der Waals surface area contributed by atoms with Crippen LogP contribution in [-0.2, 0) is 17.8 Å². The summed E-state index contributed by atoms with van der Waals surface area (Å²) in [6.45, 7) is 3.65. The van der Waals surface area contributed by atoms with Crippen molar-refractivity contribution in [3.05, 3.63) is 35.4 Å². The Balaban J connectivity index is 1.70. The smallest absolute Gasteiger partial charge is 0.240 e. The van der Waals surface area contributed by atoms with Gasteiger partial charge in [0.2, 0.25) is 5.91 Å². The molecule has 0 bridgehead atoms. The number of likely N-dealkylation sites (tertiary alicyclic amines) is 1. The molecule has 4 heteroatoms. The minimum absolute atomic E-state index is 0.118. The lowest BCUT2D eigenvalue weighted by atomic mass is 9.95. The molecule has 0 radical (unpaired) electrons. The second-order valence-corrected chi connectivity index (χ2v) is 5.91. The SMILES string of the molecule is CC1(O)CCN(C(=O)[C@@H]2Cc3ccccc3CN2)C1. The monoisotopic (exact) mass is 260 g/mol. The van der Waals surface area contributed by atoms with Gasteiger partial charge in [-0.2, -0.15) is 0 Å². The quantitative estimate of drug-likeness (QED) is 0.781. The van der Waals surface area contributed by atoms with Crippen molar-refractivity contribution >= 4 is 5.91 Å². The van der Waals surface area contributed by atoms with E-state index in [-0.39, 0.29) is 11.9 Å². The van der Waals surface area contributed by atoms with Gasteiger partial charge in [-0.15, -0.1) is 0 Å². The van der Waals surface area contributed by atoms with Crippen molar-refractivity contribution in [1.82, 2.24) is 10.2 Å². The molecule has 2 heterocycles. The van der Waals surface area contributed by atoms with Gasteiger partial charge in [0.15, 0.2) is 0 Å². The predicted octanol–water partition coefficient (Wildman–Crippen LogP) is 0.684. The summed E-state index contributed by atoms with van der Waals surface area (Å²) in [5.41, 5.74) is 1.81. The highest BCUT2D eigenvalue weighted by Crippen LogP contribution is 2.23. The van der Waals surface area contributed by atoms with Gasteiger partial charge in [0.1, 0.15) is 0 Å². The fourth-order valence-corrected chi connectivity index (χ4v) is 2.98. The second-order valence-electron chi connectivity index (χ2n) is 5.91. The number of nitrogens with one attached hydrogen (secondary N) is 1. The van der Waals surface area contributed by atoms with Crippen LogP contribution < -0.4 is 5.32 Å². The molecule has 19 heavy (non-hydrogen) atoms. The van der Waals surface area contributed by atoms with Crippen LogP contribution in [0.25, 0.3) is 0 Å². The van der Waals surface area contributed by atoms with E-state index < -0.39 is 5.60 Å². The molecule has 4 nitrogen and oxygen atoms in total. The molecule has 0 saturated carbocycles. The molecule has 0 aromatic heterocycles. The van der Waals surface area contributed by atoms with E-state index in [1.165, 1.54) is 11.1 Å². The van der Waals surface area contributed by atoms with Gasteiger partial charge in [0.05, 0.1) is 11.6 Å². The fourth-order valence-electron chi connectivity index (χ4n) is 2.98. The number of hydrogen-bond donors (Lipinski definition) is 2. The van der Waals surface area contributed by atoms with Crippen LogP contribution in [0.5, 0.6) is 0 Å². The Kier molecular flexibility index (Phi) is 3.07. The van der Waals surface area contributed by atoms with Gasteiger partial charge in [-0.3, -0.25) is 4.79 Å². The molecule has 2 N–H and O–H groups in total. The first-order valence-corrected chi connectivity index (χ1v) is 6.86. The van der Waals surface area contributed by atoms with Gasteiger partial charge >= 0.3 is 0 Å². The first-order chi connectivity index (χ1) is 9.05. The molecule has 1 aromatic carbocycles. The van der Waals surface area contributed by atoms with Crippen molar-refractivity contribution in [1.29, 1.82) is 0 Å². The minimum Gasteiger partial charge on any atom is -0.388 e. The van der Waals surface area contributed by atoms with E-state index in [0.717, 1.165) is 13.0 Å². The van der Waals surface area contributed by atoms with Gasteiger partial charge in [-0.05, 0) is 30.9 Å². The van der Waals surface area contributed by atoms with Crippen LogP contribution in [0.1, 0.15) is 24.5 Å². The molecule has 0 aliphatic carbocycles. The van der Waals surface area contributed by atoms with Crippen LogP contribution in [0.3, 0.4) is 0 Å². The average molecular weight is 260 g/mol. The zero-order valence-electron chi connectivity index (χ0n) is 11.2. The van der Waals surface area contributed by atoms with Crippen LogP contribution in [0, 0.1) is 0 Å². The number of amides is 1. The van der Waals surface area contributed by atoms with E-state index in [4.69, 9.17) is 0 Å². The number of β-amino-alcohol motifs (C(OH)–C–C–N with tert-alkyl or cyclic N) is 1. The van der Waals surface area contributed by atoms with Crippen LogP contribution in [-0.4, -0.2) is 40.6 Å². The van der Waals surface area contributed by atoms with Crippen LogP contribution >= 0.6 is 0 Å². The highest BCUT2D eigenvalue weighted by atomic mass is 16.3. The summed E-state index contributed by atoms with van der Waals surface area (Å²) in [5.74, 6) is 0.118. The molecule has 3 rings (SSSR count). The Morgan fingerprint density at radius 1 is 1.42 bits per heavy atom. The first kappa shape index (κ1) is 12.6. The number of carbonyl (C=O) groups excluding carboxylic acids is 1. The average Bonchev–Trinajstić information content (AvgIpc) is 2.78. The zero-order valence-corrected chi connectivity index (χ0v) is 11.2. The molecule has 1 saturated heterocycles. The topological polar surface area (TPSA) is 52.6 Å². The third-order valence-corrected chi connectivity index (χ3v) is 4.14. The molecule has 102 valence electrons. The summed E-state index contributed by atoms with van der Waals surface area (Å²) in [4.78, 5) is 14.2. The Bertz CT molecular complexity index is 499. The largest absolute Gasteiger partial charge is 0.388 e. The Labute approximate surface area is 113 Å². The van der Waals surface area contributed by atoms with E-state index in [9.17, 15) is 9.90 Å². The number of fused-ring (bicyclic) bond motifs is 1. The molecular weight excluding hydrogens is 240 g/mol. The Hall–Kier alpha value is -1.39. The maximum atomic E-state index is 12.5. The standard InChI is InChI=1S/C15H20N2O2/c1-15(19)6-7-17(10-15)14(18)13-8-11-4-2-3-5-12(11)9-16-13/h2-5,13,16,19H,6-10H2,1H3/t13-,15?/m0/s1. The van der Waals surface area contributed by atoms with E-state index in [1.54, 1.807) is 11.8 Å². The molecule has 1 amide bonds. The number of aliphatic hydroxyl groups is 1. The van der Waals surface area contributed by atoms with Crippen molar-refractivity contribution < 1.29 is 9.90 Å². The third-order valence-electron chi connectivity index (χ3n) is 4.14. The van der Waals surface area contributed by atoms with E-state index >= 15 is 0 Å². The van der Waals surface area contributed by atoms with E-state index in [2.05, 4.69) is 17.4 Å². The van der Waals surface area contributed by atoms with Gasteiger partial charge < -0.3 is 15.3 Å². The van der Waals surface area contributed by atoms with Crippen LogP contribution in [0.15, 0.2) is 24.3 Å². The maximum Gasteiger partial charge on any atom is 0.240 e. The number of nitrogens with zero attached hydrogens (tertiary/aromatic N) is 1. The maximum absolute atomic E-state index is 12.5. The highest BCUT2D eigenvalue weighted by molar-refractivity contribution is 5.83. The van der Waals surface area contributed by atoms with Crippen molar-refractivity contribution in [3.63, 3.8) is 0 Å². The Morgan fingerprint density at radius 2 is 2.16 bits per heavy atom. The molecular formula is C15H20N2O2.